The molecule has 9 heteroatoms. The number of carbonyl (C=O) groups is 1. The summed E-state index contributed by atoms with van der Waals surface area (Å²) in [5.74, 6) is 0. The van der Waals surface area contributed by atoms with Crippen molar-refractivity contribution in [2.75, 3.05) is 18.4 Å². The Labute approximate surface area is 154 Å². The van der Waals surface area contributed by atoms with E-state index < -0.39 is 29.1 Å². The van der Waals surface area contributed by atoms with E-state index in [4.69, 9.17) is 0 Å². The van der Waals surface area contributed by atoms with Crippen LogP contribution >= 0.6 is 0 Å². The van der Waals surface area contributed by atoms with Crippen molar-refractivity contribution in [1.82, 2.24) is 9.62 Å². The van der Waals surface area contributed by atoms with Gasteiger partial charge in [0, 0.05) is 36.2 Å². The third-order valence-corrected chi connectivity index (χ3v) is 5.90. The lowest BCUT2D eigenvalue weighted by Gasteiger charge is -2.37. The average Bonchev–Trinajstić information content (AvgIpc) is 2.53. The standard InChI is InChI=1S/C17H24F3N3O2S/c1-16(2,3)26(25)23-10-8-14(9-11-23)22-15(24)21-13-6-4-12(5-7-13)17(18,19)20/h4-7,14H,8-11H2,1-3H3,(H2,21,22,24). The van der Waals surface area contributed by atoms with Gasteiger partial charge in [-0.05, 0) is 57.9 Å². The van der Waals surface area contributed by atoms with E-state index in [0.717, 1.165) is 12.1 Å². The minimum atomic E-state index is -4.40. The minimum absolute atomic E-state index is 0.0577. The number of piperidine rings is 1. The smallest absolute Gasteiger partial charge is 0.416 e. The molecular weight excluding hydrogens is 367 g/mol. The molecule has 0 aliphatic carbocycles. The number of anilines is 1. The number of benzene rings is 1. The van der Waals surface area contributed by atoms with Gasteiger partial charge in [0.15, 0.2) is 0 Å². The highest BCUT2D eigenvalue weighted by Crippen LogP contribution is 2.30. The Kier molecular flexibility index (Phi) is 6.46. The molecule has 2 rings (SSSR count). The molecule has 1 aliphatic heterocycles. The number of carbonyl (C=O) groups excluding carboxylic acids is 1. The highest BCUT2D eigenvalue weighted by Gasteiger charge is 2.35. The van der Waals surface area contributed by atoms with Crippen molar-refractivity contribution in [2.45, 2.75) is 50.6 Å². The Morgan fingerprint density at radius 3 is 2.15 bits per heavy atom. The summed E-state index contributed by atoms with van der Waals surface area (Å²) < 4.78 is 51.5. The molecule has 1 aromatic carbocycles. The fourth-order valence-corrected chi connectivity index (χ4v) is 3.97. The van der Waals surface area contributed by atoms with Gasteiger partial charge in [0.1, 0.15) is 4.75 Å². The maximum absolute atomic E-state index is 12.5. The molecular formula is C17H24F3N3O2S. The Balaban J connectivity index is 1.81. The van der Waals surface area contributed by atoms with Crippen LogP contribution in [0.4, 0.5) is 23.7 Å². The van der Waals surface area contributed by atoms with Gasteiger partial charge in [-0.2, -0.15) is 13.2 Å². The molecule has 0 bridgehead atoms. The summed E-state index contributed by atoms with van der Waals surface area (Å²) in [5.41, 5.74) is -0.468. The second kappa shape index (κ2) is 8.06. The van der Waals surface area contributed by atoms with Gasteiger partial charge >= 0.3 is 12.2 Å². The maximum atomic E-state index is 12.5. The average molecular weight is 391 g/mol. The molecule has 1 aliphatic rings. The van der Waals surface area contributed by atoms with Gasteiger partial charge in [-0.15, -0.1) is 4.31 Å². The molecule has 1 fully saturated rings. The van der Waals surface area contributed by atoms with E-state index in [1.807, 2.05) is 25.1 Å². The Morgan fingerprint density at radius 1 is 1.15 bits per heavy atom. The van der Waals surface area contributed by atoms with E-state index in [-0.39, 0.29) is 10.8 Å². The summed E-state index contributed by atoms with van der Waals surface area (Å²) in [5, 5.41) is 5.35. The summed E-state index contributed by atoms with van der Waals surface area (Å²) in [6, 6.07) is 3.78. The first kappa shape index (κ1) is 20.9. The highest BCUT2D eigenvalue weighted by atomic mass is 32.2. The van der Waals surface area contributed by atoms with Crippen molar-refractivity contribution < 1.29 is 22.5 Å². The van der Waals surface area contributed by atoms with Crippen LogP contribution in [0.1, 0.15) is 39.2 Å². The minimum Gasteiger partial charge on any atom is -0.598 e. The lowest BCUT2D eigenvalue weighted by atomic mass is 10.1. The van der Waals surface area contributed by atoms with Gasteiger partial charge in [0.05, 0.1) is 5.56 Å². The number of amides is 2. The quantitative estimate of drug-likeness (QED) is 0.771. The number of rotatable bonds is 3. The number of nitrogens with zero attached hydrogens (tertiary/aromatic N) is 1. The Morgan fingerprint density at radius 2 is 1.69 bits per heavy atom. The van der Waals surface area contributed by atoms with Crippen LogP contribution in [0.3, 0.4) is 0 Å². The molecule has 0 aromatic heterocycles. The van der Waals surface area contributed by atoms with E-state index in [2.05, 4.69) is 10.6 Å². The molecule has 1 saturated heterocycles. The van der Waals surface area contributed by atoms with E-state index in [1.165, 1.54) is 12.1 Å². The van der Waals surface area contributed by atoms with Crippen LogP contribution < -0.4 is 10.6 Å². The second-order valence-electron chi connectivity index (χ2n) is 7.24. The predicted molar refractivity (Wildman–Crippen MR) is 96.1 cm³/mol. The summed E-state index contributed by atoms with van der Waals surface area (Å²) in [6.45, 7) is 7.01. The van der Waals surface area contributed by atoms with Crippen molar-refractivity contribution in [3.8, 4) is 0 Å². The molecule has 5 nitrogen and oxygen atoms in total. The third-order valence-electron chi connectivity index (χ3n) is 4.02. The number of alkyl halides is 3. The molecule has 1 aromatic rings. The molecule has 0 spiro atoms. The van der Waals surface area contributed by atoms with E-state index in [9.17, 15) is 22.5 Å². The molecule has 0 saturated carbocycles. The number of halogens is 3. The number of nitrogens with one attached hydrogen (secondary N) is 2. The van der Waals surface area contributed by atoms with Gasteiger partial charge in [-0.1, -0.05) is 0 Å². The molecule has 2 N–H and O–H groups in total. The van der Waals surface area contributed by atoms with Crippen LogP contribution in [0.15, 0.2) is 24.3 Å². The molecule has 0 radical (unpaired) electrons. The largest absolute Gasteiger partial charge is 0.598 e. The van der Waals surface area contributed by atoms with Gasteiger partial charge in [-0.25, -0.2) is 4.79 Å². The Hall–Kier alpha value is -1.45. The third kappa shape index (κ3) is 5.78. The Bertz CT molecular complexity index is 609. The number of hydrogen-bond acceptors (Lipinski definition) is 3. The maximum Gasteiger partial charge on any atom is 0.416 e. The highest BCUT2D eigenvalue weighted by molar-refractivity contribution is 7.90. The summed E-state index contributed by atoms with van der Waals surface area (Å²) >= 11 is -1.08. The van der Waals surface area contributed by atoms with Crippen LogP contribution in [0.5, 0.6) is 0 Å². The van der Waals surface area contributed by atoms with Crippen LogP contribution in [-0.4, -0.2) is 38.8 Å². The van der Waals surface area contributed by atoms with Gasteiger partial charge in [0.25, 0.3) is 0 Å². The van der Waals surface area contributed by atoms with Crippen molar-refractivity contribution in [3.63, 3.8) is 0 Å². The first-order valence-electron chi connectivity index (χ1n) is 8.38. The molecule has 146 valence electrons. The SMILES string of the molecule is CC(C)(C)[S+]([O-])N1CCC(NC(=O)Nc2ccc(C(F)(F)F)cc2)CC1. The molecule has 2 amide bonds. The first-order valence-corrected chi connectivity index (χ1v) is 9.49. The molecule has 1 heterocycles. The van der Waals surface area contributed by atoms with E-state index in [0.29, 0.717) is 31.6 Å². The summed E-state index contributed by atoms with van der Waals surface area (Å²) in [6.07, 6.45) is -3.06. The fourth-order valence-electron chi connectivity index (χ4n) is 2.65. The first-order chi connectivity index (χ1) is 12.0. The molecule has 1 atom stereocenters. The zero-order valence-corrected chi connectivity index (χ0v) is 15.8. The topological polar surface area (TPSA) is 67.4 Å². The predicted octanol–water partition coefficient (Wildman–Crippen LogP) is 3.75. The van der Waals surface area contributed by atoms with Gasteiger partial charge < -0.3 is 15.2 Å². The van der Waals surface area contributed by atoms with Gasteiger partial charge in [-0.3, -0.25) is 0 Å². The van der Waals surface area contributed by atoms with Crippen molar-refractivity contribution in [1.29, 1.82) is 0 Å². The number of hydrogen-bond donors (Lipinski definition) is 2. The zero-order valence-electron chi connectivity index (χ0n) is 15.0. The zero-order chi connectivity index (χ0) is 19.5. The van der Waals surface area contributed by atoms with Crippen molar-refractivity contribution in [3.05, 3.63) is 29.8 Å². The van der Waals surface area contributed by atoms with Crippen LogP contribution in [0.25, 0.3) is 0 Å². The van der Waals surface area contributed by atoms with Crippen LogP contribution in [0, 0.1) is 0 Å². The normalized spacial score (nSPS) is 18.4. The summed E-state index contributed by atoms with van der Waals surface area (Å²) in [4.78, 5) is 12.0. The molecule has 26 heavy (non-hydrogen) atoms. The van der Waals surface area contributed by atoms with Crippen LogP contribution in [-0.2, 0) is 17.5 Å². The second-order valence-corrected chi connectivity index (χ2v) is 9.48. The van der Waals surface area contributed by atoms with E-state index >= 15 is 0 Å². The van der Waals surface area contributed by atoms with Crippen molar-refractivity contribution in [2.24, 2.45) is 0 Å². The van der Waals surface area contributed by atoms with Crippen LogP contribution in [0.2, 0.25) is 0 Å². The lowest BCUT2D eigenvalue weighted by molar-refractivity contribution is -0.137. The lowest BCUT2D eigenvalue weighted by Crippen LogP contribution is -2.51. The summed E-state index contributed by atoms with van der Waals surface area (Å²) in [7, 11) is 0. The fraction of sp³-hybridized carbons (Fsp3) is 0.588. The van der Waals surface area contributed by atoms with Crippen molar-refractivity contribution >= 4 is 23.1 Å². The molecule has 1 unspecified atom stereocenters. The monoisotopic (exact) mass is 391 g/mol. The van der Waals surface area contributed by atoms with E-state index in [1.54, 1.807) is 0 Å². The van der Waals surface area contributed by atoms with Gasteiger partial charge in [0.2, 0.25) is 0 Å². The number of urea groups is 1.